The van der Waals surface area contributed by atoms with E-state index in [1.807, 2.05) is 0 Å². The molecule has 1 heterocycles. The Bertz CT molecular complexity index is 484. The SMILES string of the molecule is CCN1CCOC(CNC(=O)c2ccc(Cl)cc2Br)C1. The van der Waals surface area contributed by atoms with Crippen LogP contribution in [0.3, 0.4) is 0 Å². The number of halogens is 2. The van der Waals surface area contributed by atoms with Gasteiger partial charge in [0.05, 0.1) is 18.3 Å². The summed E-state index contributed by atoms with van der Waals surface area (Å²) in [7, 11) is 0. The van der Waals surface area contributed by atoms with Crippen molar-refractivity contribution in [3.8, 4) is 0 Å². The smallest absolute Gasteiger partial charge is 0.252 e. The predicted molar refractivity (Wildman–Crippen MR) is 83.3 cm³/mol. The number of rotatable bonds is 4. The molecule has 0 spiro atoms. The van der Waals surface area contributed by atoms with Crippen LogP contribution in [-0.4, -0.2) is 49.7 Å². The zero-order valence-corrected chi connectivity index (χ0v) is 13.7. The molecule has 110 valence electrons. The summed E-state index contributed by atoms with van der Waals surface area (Å²) in [5.74, 6) is -0.120. The van der Waals surface area contributed by atoms with E-state index in [9.17, 15) is 4.79 Å². The molecule has 4 nitrogen and oxygen atoms in total. The Morgan fingerprint density at radius 1 is 1.60 bits per heavy atom. The van der Waals surface area contributed by atoms with E-state index in [0.717, 1.165) is 26.2 Å². The van der Waals surface area contributed by atoms with Gasteiger partial charge in [-0.3, -0.25) is 9.69 Å². The van der Waals surface area contributed by atoms with Crippen molar-refractivity contribution in [1.29, 1.82) is 0 Å². The third kappa shape index (κ3) is 4.19. The second-order valence-corrected chi connectivity index (χ2v) is 6.01. The average molecular weight is 362 g/mol. The van der Waals surface area contributed by atoms with Crippen molar-refractivity contribution in [2.75, 3.05) is 32.8 Å². The highest BCUT2D eigenvalue weighted by Gasteiger charge is 2.20. The first kappa shape index (κ1) is 15.8. The average Bonchev–Trinajstić information content (AvgIpc) is 2.45. The number of carbonyl (C=O) groups is 1. The Labute approximate surface area is 132 Å². The van der Waals surface area contributed by atoms with Crippen LogP contribution in [0, 0.1) is 0 Å². The number of nitrogens with one attached hydrogen (secondary N) is 1. The Kier molecular flexibility index (Phi) is 5.84. The van der Waals surface area contributed by atoms with Crippen molar-refractivity contribution in [2.24, 2.45) is 0 Å². The number of hydrogen-bond acceptors (Lipinski definition) is 3. The van der Waals surface area contributed by atoms with Crippen molar-refractivity contribution >= 4 is 33.4 Å². The topological polar surface area (TPSA) is 41.6 Å². The van der Waals surface area contributed by atoms with Crippen LogP contribution < -0.4 is 5.32 Å². The molecule has 1 amide bonds. The summed E-state index contributed by atoms with van der Waals surface area (Å²) in [6.07, 6.45) is 0.0544. The molecule has 1 unspecified atom stereocenters. The largest absolute Gasteiger partial charge is 0.374 e. The van der Waals surface area contributed by atoms with E-state index in [0.29, 0.717) is 21.6 Å². The van der Waals surface area contributed by atoms with Crippen LogP contribution in [0.2, 0.25) is 5.02 Å². The zero-order valence-electron chi connectivity index (χ0n) is 11.4. The fourth-order valence-electron chi connectivity index (χ4n) is 2.17. The van der Waals surface area contributed by atoms with Crippen molar-refractivity contribution in [2.45, 2.75) is 13.0 Å². The number of benzene rings is 1. The fourth-order valence-corrected chi connectivity index (χ4v) is 3.03. The summed E-state index contributed by atoms with van der Waals surface area (Å²) in [5.41, 5.74) is 0.581. The molecule has 20 heavy (non-hydrogen) atoms. The maximum Gasteiger partial charge on any atom is 0.252 e. The first-order chi connectivity index (χ1) is 9.60. The van der Waals surface area contributed by atoms with Gasteiger partial charge in [0.25, 0.3) is 5.91 Å². The van der Waals surface area contributed by atoms with Crippen molar-refractivity contribution < 1.29 is 9.53 Å². The number of hydrogen-bond donors (Lipinski definition) is 1. The monoisotopic (exact) mass is 360 g/mol. The minimum absolute atomic E-state index is 0.0544. The molecule has 1 atom stereocenters. The van der Waals surface area contributed by atoms with Gasteiger partial charge in [-0.15, -0.1) is 0 Å². The predicted octanol–water partition coefficient (Wildman–Crippen LogP) is 2.55. The van der Waals surface area contributed by atoms with E-state index in [4.69, 9.17) is 16.3 Å². The Morgan fingerprint density at radius 3 is 3.10 bits per heavy atom. The molecule has 0 aromatic heterocycles. The van der Waals surface area contributed by atoms with Gasteiger partial charge in [0.1, 0.15) is 0 Å². The fraction of sp³-hybridized carbons (Fsp3) is 0.500. The Hall–Kier alpha value is -0.620. The number of nitrogens with zero attached hydrogens (tertiary/aromatic N) is 1. The summed E-state index contributed by atoms with van der Waals surface area (Å²) in [5, 5.41) is 3.51. The lowest BCUT2D eigenvalue weighted by Gasteiger charge is -2.32. The summed E-state index contributed by atoms with van der Waals surface area (Å²) < 4.78 is 6.35. The van der Waals surface area contributed by atoms with Gasteiger partial charge in [-0.2, -0.15) is 0 Å². The molecule has 1 aliphatic heterocycles. The van der Waals surface area contributed by atoms with Crippen LogP contribution in [0.15, 0.2) is 22.7 Å². The number of amides is 1. The molecular weight excluding hydrogens is 344 g/mol. The summed E-state index contributed by atoms with van der Waals surface area (Å²) in [6, 6.07) is 5.13. The van der Waals surface area contributed by atoms with Gasteiger partial charge in [-0.25, -0.2) is 0 Å². The molecule has 0 aliphatic carbocycles. The third-order valence-corrected chi connectivity index (χ3v) is 4.23. The maximum absolute atomic E-state index is 12.1. The molecule has 1 fully saturated rings. The molecule has 6 heteroatoms. The number of morpholine rings is 1. The van der Waals surface area contributed by atoms with Crippen molar-refractivity contribution in [1.82, 2.24) is 10.2 Å². The molecule has 0 saturated carbocycles. The van der Waals surface area contributed by atoms with Crippen LogP contribution in [0.4, 0.5) is 0 Å². The highest BCUT2D eigenvalue weighted by Crippen LogP contribution is 2.21. The van der Waals surface area contributed by atoms with Gasteiger partial charge >= 0.3 is 0 Å². The molecule has 0 bridgehead atoms. The van der Waals surface area contributed by atoms with E-state index in [1.165, 1.54) is 0 Å². The lowest BCUT2D eigenvalue weighted by molar-refractivity contribution is -0.0246. The molecule has 1 aliphatic rings. The van der Waals surface area contributed by atoms with Gasteiger partial charge in [0.15, 0.2) is 0 Å². The molecule has 1 aromatic rings. The lowest BCUT2D eigenvalue weighted by Crippen LogP contribution is -2.47. The number of likely N-dealkylation sites (N-methyl/N-ethyl adjacent to an activating group) is 1. The molecule has 2 rings (SSSR count). The number of carbonyl (C=O) groups excluding carboxylic acids is 1. The molecule has 1 saturated heterocycles. The van der Waals surface area contributed by atoms with Gasteiger partial charge in [0.2, 0.25) is 0 Å². The van der Waals surface area contributed by atoms with E-state index < -0.39 is 0 Å². The third-order valence-electron chi connectivity index (χ3n) is 3.34. The lowest BCUT2D eigenvalue weighted by atomic mass is 10.2. The first-order valence-corrected chi connectivity index (χ1v) is 7.84. The van der Waals surface area contributed by atoms with Crippen LogP contribution in [-0.2, 0) is 4.74 Å². The van der Waals surface area contributed by atoms with Crippen molar-refractivity contribution in [3.05, 3.63) is 33.3 Å². The van der Waals surface area contributed by atoms with Crippen LogP contribution >= 0.6 is 27.5 Å². The normalized spacial score (nSPS) is 19.9. The van der Waals surface area contributed by atoms with E-state index in [2.05, 4.69) is 33.1 Å². The highest BCUT2D eigenvalue weighted by molar-refractivity contribution is 9.10. The Morgan fingerprint density at radius 2 is 2.40 bits per heavy atom. The van der Waals surface area contributed by atoms with E-state index in [1.54, 1.807) is 18.2 Å². The number of ether oxygens (including phenoxy) is 1. The standard InChI is InChI=1S/C14H18BrClN2O2/c1-2-18-5-6-20-11(9-18)8-17-14(19)12-4-3-10(16)7-13(12)15/h3-4,7,11H,2,5-6,8-9H2,1H3,(H,17,19). The molecule has 0 radical (unpaired) electrons. The molecule has 1 aromatic carbocycles. The second-order valence-electron chi connectivity index (χ2n) is 4.72. The first-order valence-electron chi connectivity index (χ1n) is 6.67. The summed E-state index contributed by atoms with van der Waals surface area (Å²) in [6.45, 7) is 6.20. The summed E-state index contributed by atoms with van der Waals surface area (Å²) >= 11 is 9.21. The van der Waals surface area contributed by atoms with Crippen LogP contribution in [0.1, 0.15) is 17.3 Å². The zero-order chi connectivity index (χ0) is 14.5. The van der Waals surface area contributed by atoms with E-state index in [-0.39, 0.29) is 12.0 Å². The van der Waals surface area contributed by atoms with Gasteiger partial charge in [-0.05, 0) is 40.7 Å². The van der Waals surface area contributed by atoms with Gasteiger partial charge in [0, 0.05) is 29.1 Å². The second kappa shape index (κ2) is 7.41. The van der Waals surface area contributed by atoms with Crippen molar-refractivity contribution in [3.63, 3.8) is 0 Å². The minimum atomic E-state index is -0.120. The highest BCUT2D eigenvalue weighted by atomic mass is 79.9. The van der Waals surface area contributed by atoms with Gasteiger partial charge in [-0.1, -0.05) is 18.5 Å². The quantitative estimate of drug-likeness (QED) is 0.896. The maximum atomic E-state index is 12.1. The van der Waals surface area contributed by atoms with Gasteiger partial charge < -0.3 is 10.1 Å². The van der Waals surface area contributed by atoms with Crippen LogP contribution in [0.25, 0.3) is 0 Å². The molecule has 1 N–H and O–H groups in total. The summed E-state index contributed by atoms with van der Waals surface area (Å²) in [4.78, 5) is 14.4. The Balaban J connectivity index is 1.88. The van der Waals surface area contributed by atoms with Crippen LogP contribution in [0.5, 0.6) is 0 Å². The molecular formula is C14H18BrClN2O2. The minimum Gasteiger partial charge on any atom is -0.374 e. The van der Waals surface area contributed by atoms with E-state index >= 15 is 0 Å².